The number of hydrazine groups is 1. The smallest absolute Gasteiger partial charge is 0.146 e. The van der Waals surface area contributed by atoms with Gasteiger partial charge >= 0.3 is 0 Å². The van der Waals surface area contributed by atoms with Crippen molar-refractivity contribution in [2.75, 3.05) is 0 Å². The molecular weight excluding hydrogens is 272 g/mol. The largest absolute Gasteiger partial charge is 0.271 e. The third-order valence-corrected chi connectivity index (χ3v) is 3.14. The number of nitrogens with one attached hydrogen (secondary N) is 1. The highest BCUT2D eigenvalue weighted by Crippen LogP contribution is 2.25. The molecule has 1 unspecified atom stereocenters. The lowest BCUT2D eigenvalue weighted by Gasteiger charge is -2.17. The molecule has 0 radical (unpaired) electrons. The van der Waals surface area contributed by atoms with Crippen LogP contribution in [0, 0.1) is 11.6 Å². The Morgan fingerprint density at radius 3 is 2.58 bits per heavy atom. The molecule has 2 aromatic rings. The van der Waals surface area contributed by atoms with Crippen LogP contribution < -0.4 is 11.3 Å². The molecule has 3 nitrogen and oxygen atoms in total. The molecule has 0 spiro atoms. The van der Waals surface area contributed by atoms with Crippen LogP contribution in [0.15, 0.2) is 36.5 Å². The predicted octanol–water partition coefficient (Wildman–Crippen LogP) is 2.76. The number of aromatic nitrogens is 1. The van der Waals surface area contributed by atoms with Crippen molar-refractivity contribution in [3.8, 4) is 0 Å². The van der Waals surface area contributed by atoms with Crippen molar-refractivity contribution in [3.63, 3.8) is 0 Å². The second-order valence-corrected chi connectivity index (χ2v) is 4.40. The van der Waals surface area contributed by atoms with Crippen LogP contribution in [0.4, 0.5) is 8.78 Å². The second kappa shape index (κ2) is 6.06. The van der Waals surface area contributed by atoms with Crippen LogP contribution in [0.2, 0.25) is 5.02 Å². The van der Waals surface area contributed by atoms with Gasteiger partial charge in [0.15, 0.2) is 0 Å². The topological polar surface area (TPSA) is 50.9 Å². The van der Waals surface area contributed by atoms with Gasteiger partial charge in [0.05, 0.1) is 11.7 Å². The summed E-state index contributed by atoms with van der Waals surface area (Å²) in [4.78, 5) is 3.92. The van der Waals surface area contributed by atoms with Crippen molar-refractivity contribution in [1.29, 1.82) is 0 Å². The van der Waals surface area contributed by atoms with Crippen LogP contribution in [-0.4, -0.2) is 4.98 Å². The molecule has 1 aromatic carbocycles. The standard InChI is InChI=1S/C13H12ClF2N3/c14-9-3-1-4-10(15)8(9)7-12(19-17)13-11(16)5-2-6-18-13/h1-6,12,19H,7,17H2. The summed E-state index contributed by atoms with van der Waals surface area (Å²) in [7, 11) is 0. The molecule has 0 aliphatic rings. The van der Waals surface area contributed by atoms with E-state index < -0.39 is 17.7 Å². The maximum absolute atomic E-state index is 13.7. The number of hydrogen-bond acceptors (Lipinski definition) is 3. The molecule has 0 aliphatic heterocycles. The Morgan fingerprint density at radius 2 is 1.95 bits per heavy atom. The van der Waals surface area contributed by atoms with Gasteiger partial charge in [-0.3, -0.25) is 16.3 Å². The van der Waals surface area contributed by atoms with Gasteiger partial charge in [-0.1, -0.05) is 17.7 Å². The predicted molar refractivity (Wildman–Crippen MR) is 69.4 cm³/mol. The Kier molecular flexibility index (Phi) is 4.42. The van der Waals surface area contributed by atoms with E-state index in [4.69, 9.17) is 17.4 Å². The molecule has 6 heteroatoms. The van der Waals surface area contributed by atoms with Crippen molar-refractivity contribution >= 4 is 11.6 Å². The number of nitrogens with zero attached hydrogens (tertiary/aromatic N) is 1. The minimum Gasteiger partial charge on any atom is -0.271 e. The van der Waals surface area contributed by atoms with Crippen molar-refractivity contribution in [2.24, 2.45) is 5.84 Å². The number of halogens is 3. The number of nitrogens with two attached hydrogens (primary N) is 1. The third-order valence-electron chi connectivity index (χ3n) is 2.79. The van der Waals surface area contributed by atoms with Crippen LogP contribution in [0.25, 0.3) is 0 Å². The molecule has 1 atom stereocenters. The van der Waals surface area contributed by atoms with Gasteiger partial charge in [-0.25, -0.2) is 8.78 Å². The Labute approximate surface area is 114 Å². The molecule has 1 heterocycles. The molecular formula is C13H12ClF2N3. The van der Waals surface area contributed by atoms with Crippen molar-refractivity contribution in [2.45, 2.75) is 12.5 Å². The van der Waals surface area contributed by atoms with E-state index in [1.165, 1.54) is 30.5 Å². The van der Waals surface area contributed by atoms with Crippen LogP contribution in [0.5, 0.6) is 0 Å². The normalized spacial score (nSPS) is 12.4. The van der Waals surface area contributed by atoms with Crippen molar-refractivity contribution in [3.05, 3.63) is 64.4 Å². The first-order chi connectivity index (χ1) is 9.13. The summed E-state index contributed by atoms with van der Waals surface area (Å²) < 4.78 is 27.3. The zero-order valence-electron chi connectivity index (χ0n) is 9.91. The number of rotatable bonds is 4. The molecule has 0 amide bonds. The lowest BCUT2D eigenvalue weighted by atomic mass is 10.0. The first-order valence-electron chi connectivity index (χ1n) is 5.63. The average molecular weight is 284 g/mol. The summed E-state index contributed by atoms with van der Waals surface area (Å²) in [5.74, 6) is 4.44. The van der Waals surface area contributed by atoms with E-state index in [0.717, 1.165) is 0 Å². The zero-order chi connectivity index (χ0) is 13.8. The summed E-state index contributed by atoms with van der Waals surface area (Å²) in [5, 5.41) is 0.275. The number of pyridine rings is 1. The maximum Gasteiger partial charge on any atom is 0.146 e. The average Bonchev–Trinajstić information content (AvgIpc) is 2.40. The number of benzene rings is 1. The highest BCUT2D eigenvalue weighted by atomic mass is 35.5. The summed E-state index contributed by atoms with van der Waals surface area (Å²) in [6, 6.07) is 6.47. The van der Waals surface area contributed by atoms with Gasteiger partial charge in [-0.2, -0.15) is 0 Å². The van der Waals surface area contributed by atoms with Crippen LogP contribution in [0.3, 0.4) is 0 Å². The molecule has 19 heavy (non-hydrogen) atoms. The summed E-state index contributed by atoms with van der Waals surface area (Å²) >= 11 is 5.94. The first-order valence-corrected chi connectivity index (χ1v) is 6.00. The molecule has 3 N–H and O–H groups in total. The molecule has 100 valence electrons. The van der Waals surface area contributed by atoms with Crippen LogP contribution in [0.1, 0.15) is 17.3 Å². The van der Waals surface area contributed by atoms with Gasteiger partial charge < -0.3 is 0 Å². The fourth-order valence-corrected chi connectivity index (χ4v) is 2.06. The van der Waals surface area contributed by atoms with Gasteiger partial charge in [0.25, 0.3) is 0 Å². The number of hydrogen-bond donors (Lipinski definition) is 2. The Hall–Kier alpha value is -1.56. The quantitative estimate of drug-likeness (QED) is 0.670. The molecule has 2 rings (SSSR count). The lowest BCUT2D eigenvalue weighted by molar-refractivity contribution is 0.485. The van der Waals surface area contributed by atoms with Gasteiger partial charge in [0.2, 0.25) is 0 Å². The monoisotopic (exact) mass is 283 g/mol. The van der Waals surface area contributed by atoms with E-state index in [0.29, 0.717) is 0 Å². The van der Waals surface area contributed by atoms with E-state index in [2.05, 4.69) is 10.4 Å². The minimum absolute atomic E-state index is 0.107. The van der Waals surface area contributed by atoms with E-state index in [1.54, 1.807) is 6.07 Å². The molecule has 0 saturated carbocycles. The van der Waals surface area contributed by atoms with Crippen LogP contribution in [-0.2, 0) is 6.42 Å². The summed E-state index contributed by atoms with van der Waals surface area (Å²) in [6.45, 7) is 0. The molecule has 0 saturated heterocycles. The van der Waals surface area contributed by atoms with Gasteiger partial charge in [0, 0.05) is 16.8 Å². The second-order valence-electron chi connectivity index (χ2n) is 3.99. The van der Waals surface area contributed by atoms with E-state index in [1.807, 2.05) is 0 Å². The minimum atomic E-state index is -0.657. The fourth-order valence-electron chi connectivity index (χ4n) is 1.82. The Bertz CT molecular complexity index is 557. The first kappa shape index (κ1) is 13.9. The summed E-state index contributed by atoms with van der Waals surface area (Å²) in [6.07, 6.45) is 1.56. The maximum atomic E-state index is 13.7. The SMILES string of the molecule is NNC(Cc1c(F)cccc1Cl)c1ncccc1F. The van der Waals surface area contributed by atoms with E-state index in [9.17, 15) is 8.78 Å². The molecule has 0 fully saturated rings. The molecule has 0 aliphatic carbocycles. The Balaban J connectivity index is 2.32. The van der Waals surface area contributed by atoms with E-state index in [-0.39, 0.29) is 22.7 Å². The Morgan fingerprint density at radius 1 is 1.21 bits per heavy atom. The van der Waals surface area contributed by atoms with Gasteiger partial charge in [-0.05, 0) is 30.7 Å². The molecule has 1 aromatic heterocycles. The highest BCUT2D eigenvalue weighted by molar-refractivity contribution is 6.31. The lowest BCUT2D eigenvalue weighted by Crippen LogP contribution is -2.31. The van der Waals surface area contributed by atoms with Crippen molar-refractivity contribution in [1.82, 2.24) is 10.4 Å². The third kappa shape index (κ3) is 3.07. The van der Waals surface area contributed by atoms with E-state index >= 15 is 0 Å². The van der Waals surface area contributed by atoms with Crippen LogP contribution >= 0.6 is 11.6 Å². The van der Waals surface area contributed by atoms with Gasteiger partial charge in [0.1, 0.15) is 11.6 Å². The molecule has 0 bridgehead atoms. The van der Waals surface area contributed by atoms with Gasteiger partial charge in [-0.15, -0.1) is 0 Å². The highest BCUT2D eigenvalue weighted by Gasteiger charge is 2.19. The fraction of sp³-hybridized carbons (Fsp3) is 0.154. The van der Waals surface area contributed by atoms with Crippen molar-refractivity contribution < 1.29 is 8.78 Å². The summed E-state index contributed by atoms with van der Waals surface area (Å²) in [5.41, 5.74) is 2.84. The zero-order valence-corrected chi connectivity index (χ0v) is 10.7.